The molecule has 1 aliphatic carbocycles. The minimum atomic E-state index is 1.15. The third-order valence-corrected chi connectivity index (χ3v) is 9.63. The lowest BCUT2D eigenvalue weighted by Crippen LogP contribution is -2.10. The average molecular weight is 615 g/mol. The second-order valence-corrected chi connectivity index (χ2v) is 12.9. The van der Waals surface area contributed by atoms with Crippen LogP contribution in [0.25, 0.3) is 43.8 Å². The van der Waals surface area contributed by atoms with Crippen LogP contribution in [0.15, 0.2) is 170 Å². The van der Waals surface area contributed by atoms with Gasteiger partial charge in [0.05, 0.1) is 0 Å². The number of fused-ring (bicyclic) bond motifs is 6. The van der Waals surface area contributed by atoms with E-state index < -0.39 is 0 Å². The molecule has 1 aliphatic rings. The molecule has 228 valence electrons. The summed E-state index contributed by atoms with van der Waals surface area (Å²) in [7, 11) is 0. The summed E-state index contributed by atoms with van der Waals surface area (Å²) in [5, 5.41) is 5.00. The number of nitrogens with zero attached hydrogens (tertiary/aromatic N) is 2. The van der Waals surface area contributed by atoms with Gasteiger partial charge in [0.25, 0.3) is 0 Å². The Labute approximate surface area is 281 Å². The minimum absolute atomic E-state index is 1.15. The number of hydrogen-bond acceptors (Lipinski definition) is 2. The molecule has 0 saturated heterocycles. The second-order valence-electron chi connectivity index (χ2n) is 12.9. The van der Waals surface area contributed by atoms with Gasteiger partial charge in [-0.2, -0.15) is 0 Å². The molecule has 0 bridgehead atoms. The molecule has 8 aromatic carbocycles. The molecule has 2 nitrogen and oxygen atoms in total. The molecule has 0 amide bonds. The Kier molecular flexibility index (Phi) is 6.62. The van der Waals surface area contributed by atoms with Crippen LogP contribution < -0.4 is 9.80 Å². The number of para-hydroxylation sites is 2. The first-order valence-corrected chi connectivity index (χ1v) is 16.6. The van der Waals surface area contributed by atoms with E-state index in [0.717, 1.165) is 34.1 Å². The van der Waals surface area contributed by atoms with Crippen molar-refractivity contribution >= 4 is 55.7 Å². The van der Waals surface area contributed by atoms with Crippen LogP contribution in [-0.2, 0) is 0 Å². The maximum Gasteiger partial charge on any atom is 0.0468 e. The lowest BCUT2D eigenvalue weighted by atomic mass is 9.78. The number of hydrogen-bond donors (Lipinski definition) is 0. The van der Waals surface area contributed by atoms with E-state index in [4.69, 9.17) is 0 Å². The standard InChI is InChI=1S/C46H34N2/c1-31-13-19-39(20-14-31)47(37-9-5-3-6-10-37)41-23-17-33-27-43-44-28-34-18-24-42(26-36(34)30-46(44)45(43)29-35(33)25-41)48(38-11-7-4-8-12-38)40-21-15-32(2)16-22-40/h3-30H,1-2H3. The zero-order chi connectivity index (χ0) is 32.2. The van der Waals surface area contributed by atoms with Gasteiger partial charge in [-0.25, -0.2) is 0 Å². The average Bonchev–Trinajstić information content (AvgIpc) is 3.13. The van der Waals surface area contributed by atoms with Gasteiger partial charge in [0.2, 0.25) is 0 Å². The topological polar surface area (TPSA) is 6.48 Å². The highest BCUT2D eigenvalue weighted by Gasteiger charge is 2.25. The number of rotatable bonds is 6. The molecule has 0 unspecified atom stereocenters. The molecule has 0 heterocycles. The van der Waals surface area contributed by atoms with Gasteiger partial charge in [-0.3, -0.25) is 0 Å². The fraction of sp³-hybridized carbons (Fsp3) is 0.0435. The molecule has 0 aliphatic heterocycles. The van der Waals surface area contributed by atoms with Gasteiger partial charge in [-0.15, -0.1) is 0 Å². The van der Waals surface area contributed by atoms with Gasteiger partial charge in [0.1, 0.15) is 0 Å². The Hall–Kier alpha value is -6.12. The predicted octanol–water partition coefficient (Wildman–Crippen LogP) is 13.2. The second kappa shape index (κ2) is 11.3. The van der Waals surface area contributed by atoms with Gasteiger partial charge in [0.15, 0.2) is 0 Å². The van der Waals surface area contributed by atoms with Crippen molar-refractivity contribution in [3.8, 4) is 22.3 Å². The Morgan fingerprint density at radius 1 is 0.271 bits per heavy atom. The molecule has 0 aromatic heterocycles. The van der Waals surface area contributed by atoms with Gasteiger partial charge >= 0.3 is 0 Å². The van der Waals surface area contributed by atoms with E-state index in [-0.39, 0.29) is 0 Å². The quantitative estimate of drug-likeness (QED) is 0.184. The normalized spacial score (nSPS) is 11.5. The van der Waals surface area contributed by atoms with Crippen molar-refractivity contribution in [3.63, 3.8) is 0 Å². The molecule has 0 N–H and O–H groups in total. The van der Waals surface area contributed by atoms with Gasteiger partial charge < -0.3 is 9.80 Å². The molecule has 0 radical (unpaired) electrons. The smallest absolute Gasteiger partial charge is 0.0468 e. The van der Waals surface area contributed by atoms with Crippen LogP contribution >= 0.6 is 0 Å². The molecule has 0 fully saturated rings. The molecule has 8 aromatic rings. The van der Waals surface area contributed by atoms with E-state index in [0.29, 0.717) is 0 Å². The summed E-state index contributed by atoms with van der Waals surface area (Å²) < 4.78 is 0. The number of anilines is 6. The molecule has 48 heavy (non-hydrogen) atoms. The number of benzene rings is 8. The molecular formula is C46H34N2. The van der Waals surface area contributed by atoms with Crippen molar-refractivity contribution < 1.29 is 0 Å². The van der Waals surface area contributed by atoms with Crippen LogP contribution in [0.3, 0.4) is 0 Å². The fourth-order valence-electron chi connectivity index (χ4n) is 7.11. The minimum Gasteiger partial charge on any atom is -0.310 e. The fourth-order valence-corrected chi connectivity index (χ4v) is 7.11. The van der Waals surface area contributed by atoms with Crippen LogP contribution in [0.5, 0.6) is 0 Å². The van der Waals surface area contributed by atoms with Gasteiger partial charge in [0, 0.05) is 34.1 Å². The van der Waals surface area contributed by atoms with Gasteiger partial charge in [-0.05, 0) is 155 Å². The van der Waals surface area contributed by atoms with Crippen molar-refractivity contribution in [1.82, 2.24) is 0 Å². The van der Waals surface area contributed by atoms with E-state index in [1.165, 1.54) is 54.9 Å². The molecule has 0 spiro atoms. The summed E-state index contributed by atoms with van der Waals surface area (Å²) in [5.74, 6) is 0. The van der Waals surface area contributed by atoms with E-state index in [2.05, 4.69) is 194 Å². The summed E-state index contributed by atoms with van der Waals surface area (Å²) in [5.41, 5.74) is 14.7. The van der Waals surface area contributed by atoms with Crippen molar-refractivity contribution in [3.05, 3.63) is 181 Å². The first-order valence-electron chi connectivity index (χ1n) is 16.6. The zero-order valence-electron chi connectivity index (χ0n) is 27.1. The van der Waals surface area contributed by atoms with Crippen molar-refractivity contribution in [2.24, 2.45) is 0 Å². The Bertz CT molecular complexity index is 2270. The maximum absolute atomic E-state index is 2.38. The Morgan fingerprint density at radius 3 is 0.958 bits per heavy atom. The predicted molar refractivity (Wildman–Crippen MR) is 205 cm³/mol. The van der Waals surface area contributed by atoms with Crippen molar-refractivity contribution in [2.45, 2.75) is 13.8 Å². The van der Waals surface area contributed by atoms with Crippen LogP contribution in [0, 0.1) is 13.8 Å². The molecule has 2 heteroatoms. The first kappa shape index (κ1) is 28.1. The highest BCUT2D eigenvalue weighted by Crippen LogP contribution is 2.51. The molecule has 0 atom stereocenters. The van der Waals surface area contributed by atoms with Crippen molar-refractivity contribution in [2.75, 3.05) is 9.80 Å². The lowest BCUT2D eigenvalue weighted by molar-refractivity contribution is 1.28. The first-order chi connectivity index (χ1) is 23.6. The van der Waals surface area contributed by atoms with Crippen LogP contribution in [-0.4, -0.2) is 0 Å². The SMILES string of the molecule is Cc1ccc(N(c2ccccc2)c2ccc3cc4c(cc3c2)-c2cc3cc(N(c5ccccc5)c5ccc(C)cc5)ccc3cc2-4)cc1. The van der Waals surface area contributed by atoms with Gasteiger partial charge in [-0.1, -0.05) is 83.9 Å². The van der Waals surface area contributed by atoms with Crippen LogP contribution in [0.2, 0.25) is 0 Å². The summed E-state index contributed by atoms with van der Waals surface area (Å²) in [6.07, 6.45) is 0. The third-order valence-electron chi connectivity index (χ3n) is 9.63. The van der Waals surface area contributed by atoms with Crippen LogP contribution in [0.1, 0.15) is 11.1 Å². The lowest BCUT2D eigenvalue weighted by Gasteiger charge is -2.28. The maximum atomic E-state index is 2.38. The molecule has 0 saturated carbocycles. The summed E-state index contributed by atoms with van der Waals surface area (Å²) >= 11 is 0. The van der Waals surface area contributed by atoms with E-state index in [1.807, 2.05) is 0 Å². The number of aryl methyl sites for hydroxylation is 2. The Balaban J connectivity index is 1.12. The summed E-state index contributed by atoms with van der Waals surface area (Å²) in [4.78, 5) is 4.68. The molecular weight excluding hydrogens is 581 g/mol. The van der Waals surface area contributed by atoms with E-state index in [1.54, 1.807) is 0 Å². The van der Waals surface area contributed by atoms with E-state index >= 15 is 0 Å². The summed E-state index contributed by atoms with van der Waals surface area (Å²) in [6.45, 7) is 4.27. The van der Waals surface area contributed by atoms with Crippen molar-refractivity contribution in [1.29, 1.82) is 0 Å². The Morgan fingerprint density at radius 2 is 0.583 bits per heavy atom. The highest BCUT2D eigenvalue weighted by molar-refractivity contribution is 6.12. The monoisotopic (exact) mass is 614 g/mol. The highest BCUT2D eigenvalue weighted by atomic mass is 15.1. The summed E-state index contributed by atoms with van der Waals surface area (Å²) in [6, 6.07) is 62.0. The third kappa shape index (κ3) is 4.82. The molecule has 9 rings (SSSR count). The largest absolute Gasteiger partial charge is 0.310 e. The zero-order valence-corrected chi connectivity index (χ0v) is 27.1. The van der Waals surface area contributed by atoms with Crippen LogP contribution in [0.4, 0.5) is 34.1 Å². The van der Waals surface area contributed by atoms with E-state index in [9.17, 15) is 0 Å².